The van der Waals surface area contributed by atoms with Gasteiger partial charge < -0.3 is 25.4 Å². The van der Waals surface area contributed by atoms with Crippen molar-refractivity contribution in [1.29, 1.82) is 0 Å². The van der Waals surface area contributed by atoms with Gasteiger partial charge in [0, 0.05) is 31.7 Å². The Balaban J connectivity index is 0.985. The Bertz CT molecular complexity index is 1540. The Kier molecular flexibility index (Phi) is 8.63. The number of aliphatic hydroxyl groups excluding tert-OH is 1. The van der Waals surface area contributed by atoms with Crippen LogP contribution in [0.2, 0.25) is 0 Å². The van der Waals surface area contributed by atoms with Gasteiger partial charge in [-0.1, -0.05) is 36.4 Å². The largest absolute Gasteiger partial charge is 0.497 e. The van der Waals surface area contributed by atoms with E-state index in [0.29, 0.717) is 35.3 Å². The van der Waals surface area contributed by atoms with Crippen LogP contribution in [0, 0.1) is 0 Å². The first-order valence-corrected chi connectivity index (χ1v) is 15.6. The van der Waals surface area contributed by atoms with E-state index in [1.165, 1.54) is 11.3 Å². The standard InChI is InChI=1S/C31H33N5O4S2/c1-40-23-5-2-4-21(14-23)28(37)33-15-19-7-9-20(10-8-19)26-16-34-30(42-26)22-17-36(18-22)31(39)25-11-12-27(41-25)35-29(38)24-6-3-13-32-24/h2,4-5,7-12,14,16,22,24,28,32-33,37H,3,6,13,15,17-18H2,1H3,(H,35,38)/t24-,28?/m0/s1. The number of benzene rings is 2. The first kappa shape index (κ1) is 28.5. The summed E-state index contributed by atoms with van der Waals surface area (Å²) >= 11 is 2.98. The molecule has 2 amide bonds. The number of hydrogen-bond acceptors (Lipinski definition) is 9. The van der Waals surface area contributed by atoms with Crippen LogP contribution < -0.4 is 20.7 Å². The van der Waals surface area contributed by atoms with Gasteiger partial charge in [0.15, 0.2) is 0 Å². The van der Waals surface area contributed by atoms with Crippen molar-refractivity contribution in [3.05, 3.63) is 87.9 Å². The predicted molar refractivity (Wildman–Crippen MR) is 165 cm³/mol. The predicted octanol–water partition coefficient (Wildman–Crippen LogP) is 4.59. The first-order chi connectivity index (χ1) is 20.5. The Morgan fingerprint density at radius 1 is 1.14 bits per heavy atom. The molecule has 2 atom stereocenters. The van der Waals surface area contributed by atoms with Crippen LogP contribution in [0.1, 0.15) is 50.8 Å². The molecule has 2 aliphatic rings. The van der Waals surface area contributed by atoms with Crippen molar-refractivity contribution >= 4 is 39.5 Å². The fourth-order valence-electron chi connectivity index (χ4n) is 5.13. The van der Waals surface area contributed by atoms with Crippen LogP contribution in [0.15, 0.2) is 66.9 Å². The molecule has 2 aromatic heterocycles. The van der Waals surface area contributed by atoms with Gasteiger partial charge in [0.1, 0.15) is 12.0 Å². The average molecular weight is 604 g/mol. The molecule has 0 spiro atoms. The fourth-order valence-corrected chi connectivity index (χ4v) is 7.02. The van der Waals surface area contributed by atoms with E-state index in [0.717, 1.165) is 46.0 Å². The van der Waals surface area contributed by atoms with Crippen LogP contribution in [-0.2, 0) is 11.3 Å². The molecule has 0 saturated carbocycles. The Labute approximate surface area is 252 Å². The van der Waals surface area contributed by atoms with E-state index in [1.807, 2.05) is 47.5 Å². The van der Waals surface area contributed by atoms with Gasteiger partial charge in [-0.25, -0.2) is 4.98 Å². The lowest BCUT2D eigenvalue weighted by Crippen LogP contribution is -2.48. The van der Waals surface area contributed by atoms with Crippen LogP contribution in [0.5, 0.6) is 5.75 Å². The van der Waals surface area contributed by atoms with Gasteiger partial charge in [-0.05, 0) is 60.3 Å². The smallest absolute Gasteiger partial charge is 0.264 e. The molecular formula is C31H33N5O4S2. The number of nitrogens with one attached hydrogen (secondary N) is 3. The van der Waals surface area contributed by atoms with Crippen molar-refractivity contribution < 1.29 is 19.4 Å². The van der Waals surface area contributed by atoms with E-state index in [1.54, 1.807) is 30.6 Å². The molecule has 42 heavy (non-hydrogen) atoms. The van der Waals surface area contributed by atoms with Gasteiger partial charge in [0.25, 0.3) is 5.91 Å². The summed E-state index contributed by atoms with van der Waals surface area (Å²) in [5, 5.41) is 21.5. The van der Waals surface area contributed by atoms with Crippen molar-refractivity contribution in [3.8, 4) is 16.2 Å². The second-order valence-electron chi connectivity index (χ2n) is 10.5. The zero-order valence-electron chi connectivity index (χ0n) is 23.2. The van der Waals surface area contributed by atoms with Crippen LogP contribution in [0.4, 0.5) is 5.00 Å². The maximum Gasteiger partial charge on any atom is 0.264 e. The minimum Gasteiger partial charge on any atom is -0.497 e. The number of aliphatic hydroxyl groups is 1. The number of amides is 2. The molecule has 2 aliphatic heterocycles. The lowest BCUT2D eigenvalue weighted by atomic mass is 10.0. The highest BCUT2D eigenvalue weighted by Crippen LogP contribution is 2.36. The molecule has 218 valence electrons. The topological polar surface area (TPSA) is 116 Å². The van der Waals surface area contributed by atoms with Crippen LogP contribution in [0.3, 0.4) is 0 Å². The normalized spacial score (nSPS) is 17.6. The maximum absolute atomic E-state index is 13.0. The highest BCUT2D eigenvalue weighted by molar-refractivity contribution is 7.18. The first-order valence-electron chi connectivity index (χ1n) is 14.0. The number of anilines is 1. The number of thiophene rings is 1. The number of nitrogens with zero attached hydrogens (tertiary/aromatic N) is 2. The lowest BCUT2D eigenvalue weighted by molar-refractivity contribution is -0.117. The van der Waals surface area contributed by atoms with Crippen LogP contribution >= 0.6 is 22.7 Å². The SMILES string of the molecule is COc1cccc(C(O)NCc2ccc(-c3cnc(C4CN(C(=O)c5ccc(NC(=O)[C@@H]6CCCN6)s5)C4)s3)cc2)c1. The van der Waals surface area contributed by atoms with E-state index in [2.05, 4.69) is 33.1 Å². The maximum atomic E-state index is 13.0. The monoisotopic (exact) mass is 603 g/mol. The number of likely N-dealkylation sites (tertiary alicyclic amines) is 1. The van der Waals surface area contributed by atoms with E-state index in [4.69, 9.17) is 4.74 Å². The number of methoxy groups -OCH3 is 1. The van der Waals surface area contributed by atoms with Gasteiger partial charge in [0.05, 0.1) is 32.9 Å². The molecule has 0 radical (unpaired) electrons. The van der Waals surface area contributed by atoms with E-state index in [-0.39, 0.29) is 23.8 Å². The summed E-state index contributed by atoms with van der Waals surface area (Å²) in [5.41, 5.74) is 2.90. The molecular weight excluding hydrogens is 571 g/mol. The Morgan fingerprint density at radius 2 is 1.98 bits per heavy atom. The zero-order valence-corrected chi connectivity index (χ0v) is 24.8. The summed E-state index contributed by atoms with van der Waals surface area (Å²) < 4.78 is 5.24. The van der Waals surface area contributed by atoms with Gasteiger partial charge in [-0.3, -0.25) is 14.9 Å². The molecule has 1 unspecified atom stereocenters. The third-order valence-corrected chi connectivity index (χ3v) is 9.83. The molecule has 0 aliphatic carbocycles. The van der Waals surface area contributed by atoms with E-state index in [9.17, 15) is 14.7 Å². The van der Waals surface area contributed by atoms with Gasteiger partial charge in [-0.2, -0.15) is 0 Å². The summed E-state index contributed by atoms with van der Waals surface area (Å²) in [6.07, 6.45) is 2.96. The van der Waals surface area contributed by atoms with Crippen molar-refractivity contribution in [2.24, 2.45) is 0 Å². The number of carbonyl (C=O) groups excluding carboxylic acids is 2. The summed E-state index contributed by atoms with van der Waals surface area (Å²) in [5.74, 6) is 0.889. The number of ether oxygens (including phenoxy) is 1. The summed E-state index contributed by atoms with van der Waals surface area (Å²) in [7, 11) is 1.61. The molecule has 9 nitrogen and oxygen atoms in total. The summed E-state index contributed by atoms with van der Waals surface area (Å²) in [6.45, 7) is 2.66. The molecule has 11 heteroatoms. The molecule has 4 heterocycles. The molecule has 6 rings (SSSR count). The summed E-state index contributed by atoms with van der Waals surface area (Å²) in [4.78, 5) is 33.6. The second kappa shape index (κ2) is 12.7. The van der Waals surface area contributed by atoms with E-state index >= 15 is 0 Å². The molecule has 2 aromatic carbocycles. The number of hydrogen-bond donors (Lipinski definition) is 4. The van der Waals surface area contributed by atoms with Crippen molar-refractivity contribution in [2.45, 2.75) is 37.6 Å². The fraction of sp³-hybridized carbons (Fsp3) is 0.323. The third kappa shape index (κ3) is 6.40. The van der Waals surface area contributed by atoms with Gasteiger partial charge in [-0.15, -0.1) is 22.7 Å². The van der Waals surface area contributed by atoms with Crippen molar-refractivity contribution in [3.63, 3.8) is 0 Å². The minimum atomic E-state index is -0.792. The number of carbonyl (C=O) groups is 2. The van der Waals surface area contributed by atoms with Crippen LogP contribution in [-0.4, -0.2) is 59.6 Å². The van der Waals surface area contributed by atoms with E-state index < -0.39 is 6.23 Å². The van der Waals surface area contributed by atoms with Crippen molar-refractivity contribution in [1.82, 2.24) is 20.5 Å². The zero-order chi connectivity index (χ0) is 29.1. The molecule has 2 fully saturated rings. The Morgan fingerprint density at radius 3 is 2.74 bits per heavy atom. The third-order valence-electron chi connectivity index (χ3n) is 7.63. The Hall–Kier alpha value is -3.61. The number of thiazole rings is 1. The van der Waals surface area contributed by atoms with Gasteiger partial charge in [0.2, 0.25) is 5.91 Å². The van der Waals surface area contributed by atoms with Crippen LogP contribution in [0.25, 0.3) is 10.4 Å². The highest BCUT2D eigenvalue weighted by atomic mass is 32.1. The average Bonchev–Trinajstić information content (AvgIpc) is 3.78. The quantitative estimate of drug-likeness (QED) is 0.196. The highest BCUT2D eigenvalue weighted by Gasteiger charge is 2.35. The molecule has 0 bridgehead atoms. The molecule has 4 aromatic rings. The number of rotatable bonds is 10. The molecule has 4 N–H and O–H groups in total. The summed E-state index contributed by atoms with van der Waals surface area (Å²) in [6, 6.07) is 19.1. The minimum absolute atomic E-state index is 0.00626. The number of aromatic nitrogens is 1. The van der Waals surface area contributed by atoms with Crippen molar-refractivity contribution in [2.75, 3.05) is 32.1 Å². The van der Waals surface area contributed by atoms with Gasteiger partial charge >= 0.3 is 0 Å². The molecule has 2 saturated heterocycles. The lowest BCUT2D eigenvalue weighted by Gasteiger charge is -2.37. The second-order valence-corrected chi connectivity index (χ2v) is 12.7.